The van der Waals surface area contributed by atoms with Crippen LogP contribution in [0.25, 0.3) is 0 Å². The van der Waals surface area contributed by atoms with Crippen molar-refractivity contribution < 1.29 is 9.16 Å². The minimum atomic E-state index is -1.69. The Balaban J connectivity index is 1.96. The number of ether oxygens (including phenoxy) is 1. The van der Waals surface area contributed by atoms with Gasteiger partial charge in [-0.1, -0.05) is 20.8 Å². The first-order valence-electron chi connectivity index (χ1n) is 7.38. The molecule has 1 heterocycles. The zero-order chi connectivity index (χ0) is 15.0. The maximum atomic E-state index is 6.26. The molecule has 0 aliphatic carbocycles. The maximum absolute atomic E-state index is 6.26. The summed E-state index contributed by atoms with van der Waals surface area (Å²) < 4.78 is 12.3. The number of hydrogen-bond donors (Lipinski definition) is 1. The predicted octanol–water partition coefficient (Wildman–Crippen LogP) is 3.98. The van der Waals surface area contributed by atoms with Crippen molar-refractivity contribution in [3.05, 3.63) is 23.8 Å². The summed E-state index contributed by atoms with van der Waals surface area (Å²) in [5, 5.41) is 0.244. The third kappa shape index (κ3) is 3.36. The Morgan fingerprint density at radius 3 is 2.70 bits per heavy atom. The highest BCUT2D eigenvalue weighted by Crippen LogP contribution is 2.37. The Kier molecular flexibility index (Phi) is 4.16. The number of aryl methyl sites for hydroxylation is 1. The average molecular weight is 293 g/mol. The van der Waals surface area contributed by atoms with Crippen LogP contribution in [0.3, 0.4) is 0 Å². The molecule has 0 radical (unpaired) electrons. The summed E-state index contributed by atoms with van der Waals surface area (Å²) in [6.07, 6.45) is 2.19. The van der Waals surface area contributed by atoms with E-state index in [0.717, 1.165) is 24.3 Å². The quantitative estimate of drug-likeness (QED) is 0.677. The molecule has 1 aromatic rings. The molecule has 0 aromatic heterocycles. The van der Waals surface area contributed by atoms with Crippen molar-refractivity contribution in [2.24, 2.45) is 0 Å². The van der Waals surface area contributed by atoms with Crippen molar-refractivity contribution in [1.29, 1.82) is 0 Å². The Hall–Kier alpha value is -1.00. The third-order valence-electron chi connectivity index (χ3n) is 4.55. The number of rotatable bonds is 3. The van der Waals surface area contributed by atoms with Crippen LogP contribution in [0.4, 0.5) is 5.69 Å². The standard InChI is InChI=1S/C16H27NO2Si/c1-16(2,3)20(4,5)18-11-14-8-6-12-10-13(17)7-9-15(12)19-14/h7,9-10,14H,6,8,11,17H2,1-5H3. The first kappa shape index (κ1) is 15.4. The molecule has 0 saturated carbocycles. The van der Waals surface area contributed by atoms with Gasteiger partial charge in [0.25, 0.3) is 0 Å². The van der Waals surface area contributed by atoms with Gasteiger partial charge in [0.2, 0.25) is 0 Å². The Labute approximate surface area is 123 Å². The van der Waals surface area contributed by atoms with E-state index in [1.54, 1.807) is 0 Å². The molecule has 3 nitrogen and oxygen atoms in total. The molecule has 2 N–H and O–H groups in total. The van der Waals surface area contributed by atoms with E-state index in [9.17, 15) is 0 Å². The fourth-order valence-electron chi connectivity index (χ4n) is 2.10. The maximum Gasteiger partial charge on any atom is 0.192 e. The van der Waals surface area contributed by atoms with E-state index in [2.05, 4.69) is 33.9 Å². The van der Waals surface area contributed by atoms with Crippen LogP contribution in [0, 0.1) is 0 Å². The first-order chi connectivity index (χ1) is 9.19. The van der Waals surface area contributed by atoms with Crippen molar-refractivity contribution in [2.75, 3.05) is 12.3 Å². The van der Waals surface area contributed by atoms with Crippen molar-refractivity contribution in [3.63, 3.8) is 0 Å². The predicted molar refractivity (Wildman–Crippen MR) is 86.7 cm³/mol. The molecular formula is C16H27NO2Si. The van der Waals surface area contributed by atoms with Crippen molar-refractivity contribution in [1.82, 2.24) is 0 Å². The van der Waals surface area contributed by atoms with Crippen LogP contribution in [0.1, 0.15) is 32.8 Å². The lowest BCUT2D eigenvalue weighted by molar-refractivity contribution is 0.102. The smallest absolute Gasteiger partial charge is 0.192 e. The molecule has 1 aliphatic heterocycles. The van der Waals surface area contributed by atoms with Crippen molar-refractivity contribution in [3.8, 4) is 5.75 Å². The topological polar surface area (TPSA) is 44.5 Å². The van der Waals surface area contributed by atoms with Gasteiger partial charge in [-0.2, -0.15) is 0 Å². The van der Waals surface area contributed by atoms with Gasteiger partial charge in [-0.3, -0.25) is 0 Å². The second-order valence-electron chi connectivity index (χ2n) is 7.22. The number of nitrogens with two attached hydrogens (primary N) is 1. The van der Waals surface area contributed by atoms with E-state index in [0.29, 0.717) is 6.61 Å². The van der Waals surface area contributed by atoms with Gasteiger partial charge in [-0.05, 0) is 54.7 Å². The summed E-state index contributed by atoms with van der Waals surface area (Å²) >= 11 is 0. The van der Waals surface area contributed by atoms with Gasteiger partial charge in [0.15, 0.2) is 8.32 Å². The van der Waals surface area contributed by atoms with Crippen LogP contribution in [0.2, 0.25) is 18.1 Å². The van der Waals surface area contributed by atoms with E-state index < -0.39 is 8.32 Å². The molecule has 2 rings (SSSR count). The molecule has 4 heteroatoms. The molecular weight excluding hydrogens is 266 g/mol. The third-order valence-corrected chi connectivity index (χ3v) is 9.05. The molecule has 0 fully saturated rings. The monoisotopic (exact) mass is 293 g/mol. The molecule has 0 bridgehead atoms. The van der Waals surface area contributed by atoms with Crippen LogP contribution >= 0.6 is 0 Å². The second kappa shape index (κ2) is 5.41. The number of benzene rings is 1. The minimum absolute atomic E-state index is 0.167. The van der Waals surface area contributed by atoms with Gasteiger partial charge < -0.3 is 14.9 Å². The zero-order valence-corrected chi connectivity index (χ0v) is 14.3. The molecule has 0 saturated heterocycles. The summed E-state index contributed by atoms with van der Waals surface area (Å²) in [7, 11) is -1.69. The summed E-state index contributed by atoms with van der Waals surface area (Å²) in [6.45, 7) is 12.0. The van der Waals surface area contributed by atoms with Crippen LogP contribution in [0.15, 0.2) is 18.2 Å². The van der Waals surface area contributed by atoms with E-state index in [-0.39, 0.29) is 11.1 Å². The SMILES string of the molecule is CC(C)(C)[Si](C)(C)OCC1CCc2cc(N)ccc2O1. The Morgan fingerprint density at radius 1 is 1.35 bits per heavy atom. The van der Waals surface area contributed by atoms with E-state index >= 15 is 0 Å². The van der Waals surface area contributed by atoms with Gasteiger partial charge in [-0.15, -0.1) is 0 Å². The molecule has 1 atom stereocenters. The van der Waals surface area contributed by atoms with Crippen LogP contribution in [-0.2, 0) is 10.8 Å². The number of hydrogen-bond acceptors (Lipinski definition) is 3. The molecule has 1 aliphatic rings. The second-order valence-corrected chi connectivity index (χ2v) is 12.0. The summed E-state index contributed by atoms with van der Waals surface area (Å²) in [6, 6.07) is 5.89. The Bertz CT molecular complexity index is 480. The normalized spacial score (nSPS) is 19.4. The van der Waals surface area contributed by atoms with E-state index in [1.165, 1.54) is 5.56 Å². The van der Waals surface area contributed by atoms with E-state index in [4.69, 9.17) is 14.9 Å². The first-order valence-corrected chi connectivity index (χ1v) is 10.3. The Morgan fingerprint density at radius 2 is 2.05 bits per heavy atom. The fraction of sp³-hybridized carbons (Fsp3) is 0.625. The van der Waals surface area contributed by atoms with Gasteiger partial charge in [-0.25, -0.2) is 0 Å². The number of nitrogen functional groups attached to an aromatic ring is 1. The molecule has 1 aromatic carbocycles. The average Bonchev–Trinajstić information content (AvgIpc) is 2.35. The summed E-state index contributed by atoms with van der Waals surface area (Å²) in [5.74, 6) is 0.967. The van der Waals surface area contributed by atoms with Gasteiger partial charge in [0.05, 0.1) is 6.61 Å². The van der Waals surface area contributed by atoms with Crippen LogP contribution in [0.5, 0.6) is 5.75 Å². The molecule has 112 valence electrons. The van der Waals surface area contributed by atoms with Gasteiger partial charge in [0.1, 0.15) is 11.9 Å². The molecule has 0 spiro atoms. The zero-order valence-electron chi connectivity index (χ0n) is 13.3. The summed E-state index contributed by atoms with van der Waals surface area (Å²) in [5.41, 5.74) is 7.83. The highest BCUT2D eigenvalue weighted by molar-refractivity contribution is 6.74. The number of fused-ring (bicyclic) bond motifs is 1. The lowest BCUT2D eigenvalue weighted by Crippen LogP contribution is -2.43. The van der Waals surface area contributed by atoms with Crippen molar-refractivity contribution >= 4 is 14.0 Å². The van der Waals surface area contributed by atoms with Gasteiger partial charge >= 0.3 is 0 Å². The molecule has 1 unspecified atom stereocenters. The van der Waals surface area contributed by atoms with Gasteiger partial charge in [0, 0.05) is 5.69 Å². The lowest BCUT2D eigenvalue weighted by Gasteiger charge is -2.38. The summed E-state index contributed by atoms with van der Waals surface area (Å²) in [4.78, 5) is 0. The fourth-order valence-corrected chi connectivity index (χ4v) is 3.14. The molecule has 20 heavy (non-hydrogen) atoms. The van der Waals surface area contributed by atoms with Crippen molar-refractivity contribution in [2.45, 2.75) is 57.8 Å². The van der Waals surface area contributed by atoms with Crippen LogP contribution < -0.4 is 10.5 Å². The highest BCUT2D eigenvalue weighted by atomic mass is 28.4. The van der Waals surface area contributed by atoms with E-state index in [1.807, 2.05) is 18.2 Å². The largest absolute Gasteiger partial charge is 0.488 e. The van der Waals surface area contributed by atoms with Crippen LogP contribution in [-0.4, -0.2) is 21.0 Å². The molecule has 0 amide bonds. The minimum Gasteiger partial charge on any atom is -0.488 e. The highest BCUT2D eigenvalue weighted by Gasteiger charge is 2.38. The lowest BCUT2D eigenvalue weighted by atomic mass is 10.0. The number of anilines is 1.